The Morgan fingerprint density at radius 2 is 1.48 bits per heavy atom. The van der Waals surface area contributed by atoms with Gasteiger partial charge in [0, 0.05) is 5.69 Å². The Morgan fingerprint density at radius 3 is 2.12 bits per heavy atom. The highest BCUT2D eigenvalue weighted by Gasteiger charge is 2.18. The minimum absolute atomic E-state index is 0.242. The van der Waals surface area contributed by atoms with E-state index in [0.717, 1.165) is 12.0 Å². The molecule has 2 N–H and O–H groups in total. The van der Waals surface area contributed by atoms with Gasteiger partial charge in [-0.1, -0.05) is 50.2 Å². The molecule has 8 nitrogen and oxygen atoms in total. The van der Waals surface area contributed by atoms with E-state index in [0.29, 0.717) is 24.0 Å². The number of rotatable bonds is 12. The quantitative estimate of drug-likeness (QED) is 0.289. The van der Waals surface area contributed by atoms with Crippen LogP contribution in [0.2, 0.25) is 0 Å². The minimum Gasteiger partial charge on any atom is -0.489 e. The van der Waals surface area contributed by atoms with Crippen molar-refractivity contribution in [3.63, 3.8) is 0 Å². The SMILES string of the molecule is CC(C)Cc1ccc(COc2ccc(NC(=O)c3ccccc3OCC(=O)NCC(=O)OC(C)(C)C)cc2)cc1. The highest BCUT2D eigenvalue weighted by Crippen LogP contribution is 2.22. The molecular formula is C32H38N2O6. The lowest BCUT2D eigenvalue weighted by Crippen LogP contribution is -2.36. The second-order valence-electron chi connectivity index (χ2n) is 10.8. The summed E-state index contributed by atoms with van der Waals surface area (Å²) in [7, 11) is 0. The summed E-state index contributed by atoms with van der Waals surface area (Å²) in [5.41, 5.74) is 2.61. The lowest BCUT2D eigenvalue weighted by molar-refractivity contribution is -0.154. The molecule has 0 bridgehead atoms. The number of amides is 2. The smallest absolute Gasteiger partial charge is 0.325 e. The van der Waals surface area contributed by atoms with Gasteiger partial charge in [-0.05, 0) is 80.6 Å². The van der Waals surface area contributed by atoms with Crippen molar-refractivity contribution in [1.29, 1.82) is 0 Å². The molecule has 0 aliphatic rings. The fraction of sp³-hybridized carbons (Fsp3) is 0.344. The van der Waals surface area contributed by atoms with E-state index in [4.69, 9.17) is 14.2 Å². The maximum atomic E-state index is 12.9. The molecule has 0 spiro atoms. The third kappa shape index (κ3) is 10.4. The first-order valence-electron chi connectivity index (χ1n) is 13.3. The van der Waals surface area contributed by atoms with Crippen LogP contribution in [0.4, 0.5) is 5.69 Å². The molecule has 0 heterocycles. The summed E-state index contributed by atoms with van der Waals surface area (Å²) < 4.78 is 16.6. The number of esters is 1. The number of anilines is 1. The summed E-state index contributed by atoms with van der Waals surface area (Å²) in [4.78, 5) is 36.8. The van der Waals surface area contributed by atoms with Crippen molar-refractivity contribution in [3.8, 4) is 11.5 Å². The number of carbonyl (C=O) groups is 3. The summed E-state index contributed by atoms with van der Waals surface area (Å²) in [5.74, 6) is 0.0962. The fourth-order valence-corrected chi connectivity index (χ4v) is 3.77. The number of nitrogens with one attached hydrogen (secondary N) is 2. The third-order valence-corrected chi connectivity index (χ3v) is 5.52. The molecule has 40 heavy (non-hydrogen) atoms. The first kappa shape index (κ1) is 30.2. The molecule has 0 aliphatic carbocycles. The van der Waals surface area contributed by atoms with Crippen LogP contribution in [0.25, 0.3) is 0 Å². The zero-order valence-corrected chi connectivity index (χ0v) is 23.8. The van der Waals surface area contributed by atoms with E-state index < -0.39 is 17.5 Å². The Bertz CT molecular complexity index is 1280. The van der Waals surface area contributed by atoms with Gasteiger partial charge in [-0.3, -0.25) is 14.4 Å². The summed E-state index contributed by atoms with van der Waals surface area (Å²) in [6.07, 6.45) is 1.05. The predicted molar refractivity (Wildman–Crippen MR) is 155 cm³/mol. The van der Waals surface area contributed by atoms with Crippen molar-refractivity contribution in [2.75, 3.05) is 18.5 Å². The molecule has 3 aromatic rings. The number of ether oxygens (including phenoxy) is 3. The maximum Gasteiger partial charge on any atom is 0.325 e. The summed E-state index contributed by atoms with van der Waals surface area (Å²) in [5, 5.41) is 5.28. The Labute approximate surface area is 236 Å². The van der Waals surface area contributed by atoms with Crippen LogP contribution in [0.1, 0.15) is 56.1 Å². The Kier molecular flexibility index (Phi) is 10.7. The molecule has 0 unspecified atom stereocenters. The van der Waals surface area contributed by atoms with Crippen LogP contribution in [-0.2, 0) is 27.4 Å². The number of benzene rings is 3. The largest absolute Gasteiger partial charge is 0.489 e. The summed E-state index contributed by atoms with van der Waals surface area (Å²) in [6, 6.07) is 22.1. The highest BCUT2D eigenvalue weighted by atomic mass is 16.6. The van der Waals surface area contributed by atoms with Crippen LogP contribution in [0, 0.1) is 5.92 Å². The van der Waals surface area contributed by atoms with Crippen LogP contribution < -0.4 is 20.1 Å². The van der Waals surface area contributed by atoms with Gasteiger partial charge in [-0.2, -0.15) is 0 Å². The van der Waals surface area contributed by atoms with Gasteiger partial charge in [-0.25, -0.2) is 0 Å². The lowest BCUT2D eigenvalue weighted by Gasteiger charge is -2.19. The molecule has 0 atom stereocenters. The molecule has 0 saturated heterocycles. The zero-order valence-electron chi connectivity index (χ0n) is 23.8. The molecule has 0 aromatic heterocycles. The van der Waals surface area contributed by atoms with Gasteiger partial charge in [0.05, 0.1) is 5.56 Å². The topological polar surface area (TPSA) is 103 Å². The maximum absolute atomic E-state index is 12.9. The van der Waals surface area contributed by atoms with Crippen molar-refractivity contribution in [2.24, 2.45) is 5.92 Å². The Hall–Kier alpha value is -4.33. The van der Waals surface area contributed by atoms with E-state index in [1.165, 1.54) is 5.56 Å². The fourth-order valence-electron chi connectivity index (χ4n) is 3.77. The van der Waals surface area contributed by atoms with Crippen molar-refractivity contribution >= 4 is 23.5 Å². The van der Waals surface area contributed by atoms with Gasteiger partial charge < -0.3 is 24.8 Å². The lowest BCUT2D eigenvalue weighted by atomic mass is 10.0. The number of carbonyl (C=O) groups excluding carboxylic acids is 3. The standard InChI is InChI=1S/C32H38N2O6/c1-22(2)18-23-10-12-24(13-11-23)20-38-26-16-14-25(15-17-26)34-31(37)27-8-6-7-9-28(27)39-21-29(35)33-19-30(36)40-32(3,4)5/h6-17,22H,18-21H2,1-5H3,(H,33,35)(H,34,37). The molecule has 212 valence electrons. The molecule has 3 rings (SSSR count). The van der Waals surface area contributed by atoms with Gasteiger partial charge in [0.2, 0.25) is 0 Å². The number of para-hydroxylation sites is 1. The first-order valence-corrected chi connectivity index (χ1v) is 13.3. The average Bonchev–Trinajstić information content (AvgIpc) is 2.90. The molecule has 0 aliphatic heterocycles. The molecule has 0 saturated carbocycles. The van der Waals surface area contributed by atoms with Crippen LogP contribution in [0.3, 0.4) is 0 Å². The minimum atomic E-state index is -0.641. The van der Waals surface area contributed by atoms with E-state index in [2.05, 4.69) is 48.7 Å². The van der Waals surface area contributed by atoms with Crippen LogP contribution in [0.5, 0.6) is 11.5 Å². The van der Waals surface area contributed by atoms with Gasteiger partial charge in [0.15, 0.2) is 6.61 Å². The average molecular weight is 547 g/mol. The van der Waals surface area contributed by atoms with Crippen molar-refractivity contribution < 1.29 is 28.6 Å². The van der Waals surface area contributed by atoms with Gasteiger partial charge in [0.1, 0.15) is 30.3 Å². The first-order chi connectivity index (χ1) is 19.0. The Morgan fingerprint density at radius 1 is 0.825 bits per heavy atom. The zero-order chi connectivity index (χ0) is 29.1. The number of hydrogen-bond donors (Lipinski definition) is 2. The van der Waals surface area contributed by atoms with Crippen molar-refractivity contribution in [2.45, 2.75) is 53.2 Å². The molecule has 8 heteroatoms. The van der Waals surface area contributed by atoms with E-state index in [1.807, 2.05) is 0 Å². The molecule has 0 radical (unpaired) electrons. The summed E-state index contributed by atoms with van der Waals surface area (Å²) in [6.45, 7) is 9.45. The van der Waals surface area contributed by atoms with Crippen LogP contribution >= 0.6 is 0 Å². The van der Waals surface area contributed by atoms with Gasteiger partial charge in [0.25, 0.3) is 11.8 Å². The second-order valence-corrected chi connectivity index (χ2v) is 10.8. The highest BCUT2D eigenvalue weighted by molar-refractivity contribution is 6.06. The van der Waals surface area contributed by atoms with E-state index >= 15 is 0 Å². The van der Waals surface area contributed by atoms with Crippen molar-refractivity contribution in [3.05, 3.63) is 89.5 Å². The van der Waals surface area contributed by atoms with Crippen LogP contribution in [-0.4, -0.2) is 36.5 Å². The monoisotopic (exact) mass is 546 g/mol. The summed E-state index contributed by atoms with van der Waals surface area (Å²) >= 11 is 0. The van der Waals surface area contributed by atoms with E-state index in [-0.39, 0.29) is 30.4 Å². The van der Waals surface area contributed by atoms with Crippen LogP contribution in [0.15, 0.2) is 72.8 Å². The normalized spacial score (nSPS) is 11.1. The molecular weight excluding hydrogens is 508 g/mol. The third-order valence-electron chi connectivity index (χ3n) is 5.52. The van der Waals surface area contributed by atoms with Gasteiger partial charge in [-0.15, -0.1) is 0 Å². The van der Waals surface area contributed by atoms with Crippen molar-refractivity contribution in [1.82, 2.24) is 5.32 Å². The predicted octanol–water partition coefficient (Wildman–Crippen LogP) is 5.55. The number of hydrogen-bond acceptors (Lipinski definition) is 6. The molecule has 0 fully saturated rings. The van der Waals surface area contributed by atoms with Gasteiger partial charge >= 0.3 is 5.97 Å². The van der Waals surface area contributed by atoms with E-state index in [9.17, 15) is 14.4 Å². The Balaban J connectivity index is 1.49. The molecule has 3 aromatic carbocycles. The van der Waals surface area contributed by atoms with E-state index in [1.54, 1.807) is 69.3 Å². The second kappa shape index (κ2) is 14.2. The molecule has 2 amide bonds.